The zero-order chi connectivity index (χ0) is 6.69. The Balaban J connectivity index is 2.48. The molecule has 50 valence electrons. The van der Waals surface area contributed by atoms with Crippen molar-refractivity contribution in [1.29, 1.82) is 0 Å². The first-order valence-electron chi connectivity index (χ1n) is 3.13. The van der Waals surface area contributed by atoms with Crippen molar-refractivity contribution in [3.05, 3.63) is 12.4 Å². The number of rotatable bonds is 2. The van der Waals surface area contributed by atoms with Gasteiger partial charge in [-0.05, 0) is 5.92 Å². The lowest BCUT2D eigenvalue weighted by Crippen LogP contribution is -2.04. The lowest BCUT2D eigenvalue weighted by atomic mass is 10.2. The predicted octanol–water partition coefficient (Wildman–Crippen LogP) is 0.934. The molecule has 0 aliphatic rings. The lowest BCUT2D eigenvalue weighted by molar-refractivity contribution is 0.472. The van der Waals surface area contributed by atoms with Crippen molar-refractivity contribution in [3.8, 4) is 0 Å². The maximum Gasteiger partial charge on any atom is 0.0692 e. The van der Waals surface area contributed by atoms with Gasteiger partial charge in [0.05, 0.1) is 6.20 Å². The Morgan fingerprint density at radius 3 is 2.78 bits per heavy atom. The standard InChI is InChI=1S/C6H11N3/c1-6(2)5-9-4-3-7-8-9/h3-4,6H,5H2,1-2H3. The second-order valence-electron chi connectivity index (χ2n) is 2.52. The van der Waals surface area contributed by atoms with E-state index in [2.05, 4.69) is 24.2 Å². The van der Waals surface area contributed by atoms with E-state index in [0.29, 0.717) is 5.92 Å². The molecule has 0 aliphatic heterocycles. The number of nitrogens with zero attached hydrogens (tertiary/aromatic N) is 3. The molecule has 0 atom stereocenters. The lowest BCUT2D eigenvalue weighted by Gasteiger charge is -2.01. The van der Waals surface area contributed by atoms with E-state index >= 15 is 0 Å². The molecule has 0 bridgehead atoms. The van der Waals surface area contributed by atoms with Crippen LogP contribution in [0.2, 0.25) is 0 Å². The molecular weight excluding hydrogens is 114 g/mol. The number of hydrogen-bond acceptors (Lipinski definition) is 2. The molecule has 0 fully saturated rings. The van der Waals surface area contributed by atoms with Crippen molar-refractivity contribution < 1.29 is 0 Å². The highest BCUT2D eigenvalue weighted by molar-refractivity contribution is 4.64. The Morgan fingerprint density at radius 1 is 1.56 bits per heavy atom. The highest BCUT2D eigenvalue weighted by Gasteiger charge is 1.93. The first-order chi connectivity index (χ1) is 4.29. The molecule has 0 aliphatic carbocycles. The molecule has 3 nitrogen and oxygen atoms in total. The molecule has 1 heterocycles. The topological polar surface area (TPSA) is 30.7 Å². The average Bonchev–Trinajstić information content (AvgIpc) is 2.15. The van der Waals surface area contributed by atoms with Crippen LogP contribution in [-0.4, -0.2) is 15.0 Å². The van der Waals surface area contributed by atoms with E-state index in [9.17, 15) is 0 Å². The second kappa shape index (κ2) is 2.62. The van der Waals surface area contributed by atoms with Crippen LogP contribution >= 0.6 is 0 Å². The third-order valence-corrected chi connectivity index (χ3v) is 1.02. The fraction of sp³-hybridized carbons (Fsp3) is 0.667. The Labute approximate surface area is 54.7 Å². The van der Waals surface area contributed by atoms with Crippen molar-refractivity contribution in [1.82, 2.24) is 15.0 Å². The first-order valence-corrected chi connectivity index (χ1v) is 3.13. The SMILES string of the molecule is CC(C)Cn1ccnn1. The molecular formula is C6H11N3. The quantitative estimate of drug-likeness (QED) is 0.588. The minimum absolute atomic E-state index is 0.645. The molecule has 0 unspecified atom stereocenters. The molecule has 0 spiro atoms. The summed E-state index contributed by atoms with van der Waals surface area (Å²) in [6, 6.07) is 0. The van der Waals surface area contributed by atoms with Crippen LogP contribution in [0.4, 0.5) is 0 Å². The fourth-order valence-corrected chi connectivity index (χ4v) is 0.704. The van der Waals surface area contributed by atoms with Crippen molar-refractivity contribution in [3.63, 3.8) is 0 Å². The van der Waals surface area contributed by atoms with Gasteiger partial charge in [0, 0.05) is 12.7 Å². The average molecular weight is 125 g/mol. The molecule has 1 aromatic rings. The van der Waals surface area contributed by atoms with Crippen LogP contribution in [0.25, 0.3) is 0 Å². The third kappa shape index (κ3) is 1.83. The molecule has 1 rings (SSSR count). The Hall–Kier alpha value is -0.860. The van der Waals surface area contributed by atoms with Crippen LogP contribution in [0.15, 0.2) is 12.4 Å². The molecule has 0 saturated carbocycles. The van der Waals surface area contributed by atoms with Gasteiger partial charge in [-0.2, -0.15) is 0 Å². The second-order valence-corrected chi connectivity index (χ2v) is 2.52. The van der Waals surface area contributed by atoms with Gasteiger partial charge >= 0.3 is 0 Å². The summed E-state index contributed by atoms with van der Waals surface area (Å²) in [7, 11) is 0. The zero-order valence-corrected chi connectivity index (χ0v) is 5.78. The van der Waals surface area contributed by atoms with E-state index in [1.54, 1.807) is 6.20 Å². The Morgan fingerprint density at radius 2 is 2.33 bits per heavy atom. The summed E-state index contributed by atoms with van der Waals surface area (Å²) >= 11 is 0. The van der Waals surface area contributed by atoms with E-state index in [1.807, 2.05) is 10.9 Å². The van der Waals surface area contributed by atoms with Crippen molar-refractivity contribution in [2.75, 3.05) is 0 Å². The number of aromatic nitrogens is 3. The van der Waals surface area contributed by atoms with Gasteiger partial charge in [-0.1, -0.05) is 19.1 Å². The van der Waals surface area contributed by atoms with Crippen LogP contribution in [0, 0.1) is 5.92 Å². The van der Waals surface area contributed by atoms with Crippen LogP contribution in [0.5, 0.6) is 0 Å². The Bertz CT molecular complexity index is 155. The van der Waals surface area contributed by atoms with Gasteiger partial charge in [-0.25, -0.2) is 0 Å². The summed E-state index contributed by atoms with van der Waals surface area (Å²) in [4.78, 5) is 0. The normalized spacial score (nSPS) is 10.6. The smallest absolute Gasteiger partial charge is 0.0692 e. The summed E-state index contributed by atoms with van der Waals surface area (Å²) < 4.78 is 1.84. The van der Waals surface area contributed by atoms with Gasteiger partial charge in [0.1, 0.15) is 0 Å². The minimum atomic E-state index is 0.645. The van der Waals surface area contributed by atoms with Crippen LogP contribution in [0.3, 0.4) is 0 Å². The van der Waals surface area contributed by atoms with Crippen LogP contribution in [-0.2, 0) is 6.54 Å². The zero-order valence-electron chi connectivity index (χ0n) is 5.78. The molecule has 0 saturated heterocycles. The van der Waals surface area contributed by atoms with E-state index in [-0.39, 0.29) is 0 Å². The third-order valence-electron chi connectivity index (χ3n) is 1.02. The van der Waals surface area contributed by atoms with Crippen LogP contribution in [0.1, 0.15) is 13.8 Å². The van der Waals surface area contributed by atoms with Crippen LogP contribution < -0.4 is 0 Å². The minimum Gasteiger partial charge on any atom is -0.252 e. The molecule has 0 radical (unpaired) electrons. The summed E-state index contributed by atoms with van der Waals surface area (Å²) in [6.45, 7) is 5.27. The van der Waals surface area contributed by atoms with E-state index in [1.165, 1.54) is 0 Å². The van der Waals surface area contributed by atoms with Crippen molar-refractivity contribution in [2.24, 2.45) is 5.92 Å². The predicted molar refractivity (Wildman–Crippen MR) is 34.9 cm³/mol. The fourth-order valence-electron chi connectivity index (χ4n) is 0.704. The summed E-state index contributed by atoms with van der Waals surface area (Å²) in [6.07, 6.45) is 3.57. The molecule has 1 aromatic heterocycles. The van der Waals surface area contributed by atoms with Crippen molar-refractivity contribution >= 4 is 0 Å². The summed E-state index contributed by atoms with van der Waals surface area (Å²) in [5.74, 6) is 0.645. The Kier molecular flexibility index (Phi) is 1.82. The van der Waals surface area contributed by atoms with Gasteiger partial charge in [-0.3, -0.25) is 4.68 Å². The van der Waals surface area contributed by atoms with Gasteiger partial charge in [-0.15, -0.1) is 5.10 Å². The van der Waals surface area contributed by atoms with Gasteiger partial charge in [0.2, 0.25) is 0 Å². The largest absolute Gasteiger partial charge is 0.252 e. The summed E-state index contributed by atoms with van der Waals surface area (Å²) in [5, 5.41) is 7.51. The van der Waals surface area contributed by atoms with E-state index < -0.39 is 0 Å². The molecule has 3 heteroatoms. The molecule has 0 aromatic carbocycles. The highest BCUT2D eigenvalue weighted by atomic mass is 15.4. The van der Waals surface area contributed by atoms with E-state index in [4.69, 9.17) is 0 Å². The van der Waals surface area contributed by atoms with Gasteiger partial charge in [0.25, 0.3) is 0 Å². The summed E-state index contributed by atoms with van der Waals surface area (Å²) in [5.41, 5.74) is 0. The van der Waals surface area contributed by atoms with Gasteiger partial charge in [0.15, 0.2) is 0 Å². The number of hydrogen-bond donors (Lipinski definition) is 0. The molecule has 9 heavy (non-hydrogen) atoms. The maximum absolute atomic E-state index is 3.82. The maximum atomic E-state index is 3.82. The molecule has 0 amide bonds. The monoisotopic (exact) mass is 125 g/mol. The first kappa shape index (κ1) is 6.26. The van der Waals surface area contributed by atoms with Crippen molar-refractivity contribution in [2.45, 2.75) is 20.4 Å². The molecule has 0 N–H and O–H groups in total. The van der Waals surface area contributed by atoms with Gasteiger partial charge < -0.3 is 0 Å². The van der Waals surface area contributed by atoms with E-state index in [0.717, 1.165) is 6.54 Å². The highest BCUT2D eigenvalue weighted by Crippen LogP contribution is 1.94.